The molecule has 1 fully saturated rings. The van der Waals surface area contributed by atoms with E-state index in [0.29, 0.717) is 11.8 Å². The molecule has 0 aromatic carbocycles. The number of carbonyl (C=O) groups is 1. The summed E-state index contributed by atoms with van der Waals surface area (Å²) in [6.07, 6.45) is 4.76. The number of rotatable bonds is 3. The number of ketones is 1. The van der Waals surface area contributed by atoms with Gasteiger partial charge in [-0.2, -0.15) is 0 Å². The minimum atomic E-state index is -0.407. The Morgan fingerprint density at radius 2 is 2.32 bits per heavy atom. The molecule has 0 radical (unpaired) electrons. The molecule has 3 heteroatoms. The quantitative estimate of drug-likeness (QED) is 0.582. The molecule has 1 saturated carbocycles. The molecule has 0 bridgehead atoms. The van der Waals surface area contributed by atoms with Crippen LogP contribution in [0.5, 0.6) is 0 Å². The lowest BCUT2D eigenvalue weighted by Crippen LogP contribution is -2.49. The van der Waals surface area contributed by atoms with Gasteiger partial charge in [-0.3, -0.25) is 4.79 Å². The van der Waals surface area contributed by atoms with Crippen molar-refractivity contribution in [2.75, 3.05) is 13.0 Å². The Balaban J connectivity index is 2.42. The van der Waals surface area contributed by atoms with Gasteiger partial charge in [0.05, 0.1) is 0 Å². The largest absolute Gasteiger partial charge is 0.373 e. The van der Waals surface area contributed by atoms with E-state index in [2.05, 4.69) is 26.5 Å². The molecule has 2 aliphatic carbocycles. The number of hydrogen-bond donors (Lipinski definition) is 0. The van der Waals surface area contributed by atoms with Gasteiger partial charge in [0, 0.05) is 24.5 Å². The van der Waals surface area contributed by atoms with Crippen molar-refractivity contribution in [1.29, 1.82) is 0 Å². The SMILES string of the molecule is C=C(CCl)C1CC2(C)C(=CCCC2C)C(=O)C1OC. The van der Waals surface area contributed by atoms with Gasteiger partial charge in [-0.1, -0.05) is 32.1 Å². The van der Waals surface area contributed by atoms with Crippen molar-refractivity contribution in [2.24, 2.45) is 17.3 Å². The molecule has 19 heavy (non-hydrogen) atoms. The van der Waals surface area contributed by atoms with E-state index in [-0.39, 0.29) is 17.1 Å². The number of hydrogen-bond acceptors (Lipinski definition) is 2. The normalized spacial score (nSPS) is 38.6. The van der Waals surface area contributed by atoms with Crippen LogP contribution in [0.2, 0.25) is 0 Å². The van der Waals surface area contributed by atoms with Gasteiger partial charge in [-0.25, -0.2) is 0 Å². The Morgan fingerprint density at radius 3 is 2.89 bits per heavy atom. The number of halogens is 1. The zero-order valence-electron chi connectivity index (χ0n) is 12.0. The van der Waals surface area contributed by atoms with Crippen molar-refractivity contribution in [3.05, 3.63) is 23.8 Å². The predicted octanol–water partition coefficient (Wildman–Crippen LogP) is 3.75. The summed E-state index contributed by atoms with van der Waals surface area (Å²) in [5, 5.41) is 0. The maximum atomic E-state index is 12.7. The summed E-state index contributed by atoms with van der Waals surface area (Å²) in [5.41, 5.74) is 1.83. The van der Waals surface area contributed by atoms with Crippen LogP contribution in [-0.4, -0.2) is 24.9 Å². The fourth-order valence-electron chi connectivity index (χ4n) is 3.62. The Labute approximate surface area is 120 Å². The van der Waals surface area contributed by atoms with E-state index >= 15 is 0 Å². The van der Waals surface area contributed by atoms with Crippen molar-refractivity contribution in [2.45, 2.75) is 39.2 Å². The summed E-state index contributed by atoms with van der Waals surface area (Å²) < 4.78 is 5.46. The summed E-state index contributed by atoms with van der Waals surface area (Å²) in [6, 6.07) is 0. The highest BCUT2D eigenvalue weighted by molar-refractivity contribution is 6.19. The van der Waals surface area contributed by atoms with Crippen molar-refractivity contribution < 1.29 is 9.53 Å². The fourth-order valence-corrected chi connectivity index (χ4v) is 3.81. The molecule has 0 spiro atoms. The lowest BCUT2D eigenvalue weighted by molar-refractivity contribution is -0.133. The molecular weight excluding hydrogens is 260 g/mol. The van der Waals surface area contributed by atoms with Crippen LogP contribution in [0.25, 0.3) is 0 Å². The van der Waals surface area contributed by atoms with Crippen LogP contribution >= 0.6 is 11.6 Å². The maximum Gasteiger partial charge on any atom is 0.188 e. The molecule has 0 aromatic rings. The smallest absolute Gasteiger partial charge is 0.188 e. The van der Waals surface area contributed by atoms with Gasteiger partial charge in [0.2, 0.25) is 0 Å². The van der Waals surface area contributed by atoms with Crippen molar-refractivity contribution in [3.8, 4) is 0 Å². The van der Waals surface area contributed by atoms with E-state index in [1.807, 2.05) is 0 Å². The molecule has 0 heterocycles. The third kappa shape index (κ3) is 2.30. The Kier molecular flexibility index (Phi) is 4.22. The van der Waals surface area contributed by atoms with Crippen LogP contribution in [-0.2, 0) is 9.53 Å². The van der Waals surface area contributed by atoms with Crippen molar-refractivity contribution >= 4 is 17.4 Å². The zero-order chi connectivity index (χ0) is 14.2. The molecule has 2 nitrogen and oxygen atoms in total. The first kappa shape index (κ1) is 14.8. The van der Waals surface area contributed by atoms with Gasteiger partial charge in [0.1, 0.15) is 6.10 Å². The predicted molar refractivity (Wildman–Crippen MR) is 78.4 cm³/mol. The van der Waals surface area contributed by atoms with Crippen LogP contribution in [0.4, 0.5) is 0 Å². The molecular formula is C16H23ClO2. The second-order valence-corrected chi connectivity index (χ2v) is 6.40. The van der Waals surface area contributed by atoms with Crippen LogP contribution < -0.4 is 0 Å². The fraction of sp³-hybridized carbons (Fsp3) is 0.688. The first-order valence-corrected chi connectivity index (χ1v) is 7.50. The van der Waals surface area contributed by atoms with E-state index in [0.717, 1.165) is 30.4 Å². The van der Waals surface area contributed by atoms with Gasteiger partial charge in [-0.15, -0.1) is 11.6 Å². The Morgan fingerprint density at radius 1 is 1.63 bits per heavy atom. The summed E-state index contributed by atoms with van der Waals surface area (Å²) in [5.74, 6) is 1.08. The number of fused-ring (bicyclic) bond motifs is 1. The van der Waals surface area contributed by atoms with Gasteiger partial charge in [0.25, 0.3) is 0 Å². The van der Waals surface area contributed by atoms with Crippen molar-refractivity contribution in [1.82, 2.24) is 0 Å². The highest BCUT2D eigenvalue weighted by Crippen LogP contribution is 2.52. The summed E-state index contributed by atoms with van der Waals surface area (Å²) in [4.78, 5) is 12.7. The number of methoxy groups -OCH3 is 1. The van der Waals surface area contributed by atoms with Crippen molar-refractivity contribution in [3.63, 3.8) is 0 Å². The average molecular weight is 283 g/mol. The van der Waals surface area contributed by atoms with Crippen LogP contribution in [0.3, 0.4) is 0 Å². The van der Waals surface area contributed by atoms with E-state index in [4.69, 9.17) is 16.3 Å². The molecule has 0 N–H and O–H groups in total. The van der Waals surface area contributed by atoms with Crippen LogP contribution in [0.15, 0.2) is 23.8 Å². The number of carbonyl (C=O) groups excluding carboxylic acids is 1. The zero-order valence-corrected chi connectivity index (χ0v) is 12.8. The van der Waals surface area contributed by atoms with E-state index in [1.54, 1.807) is 7.11 Å². The minimum absolute atomic E-state index is 0.0395. The molecule has 0 aliphatic heterocycles. The van der Waals surface area contributed by atoms with Gasteiger partial charge in [-0.05, 0) is 30.6 Å². The number of ether oxygens (including phenoxy) is 1. The van der Waals surface area contributed by atoms with E-state index < -0.39 is 6.10 Å². The molecule has 106 valence electrons. The first-order chi connectivity index (χ1) is 8.95. The highest BCUT2D eigenvalue weighted by Gasteiger charge is 2.50. The summed E-state index contributed by atoms with van der Waals surface area (Å²) in [6.45, 7) is 8.49. The van der Waals surface area contributed by atoms with Gasteiger partial charge < -0.3 is 4.74 Å². The third-order valence-electron chi connectivity index (χ3n) is 5.13. The molecule has 0 amide bonds. The molecule has 0 saturated heterocycles. The lowest BCUT2D eigenvalue weighted by Gasteiger charge is -2.48. The van der Waals surface area contributed by atoms with Gasteiger partial charge >= 0.3 is 0 Å². The average Bonchev–Trinajstić information content (AvgIpc) is 2.40. The van der Waals surface area contributed by atoms with Crippen LogP contribution in [0, 0.1) is 17.3 Å². The van der Waals surface area contributed by atoms with Gasteiger partial charge in [0.15, 0.2) is 5.78 Å². The molecule has 0 aromatic heterocycles. The topological polar surface area (TPSA) is 26.3 Å². The first-order valence-electron chi connectivity index (χ1n) is 6.97. The standard InChI is InChI=1S/C16H23ClO2/c1-10(9-17)12-8-16(3)11(2)6-5-7-13(16)14(18)15(12)19-4/h7,11-12,15H,1,5-6,8-9H2,2-4H3. The highest BCUT2D eigenvalue weighted by atomic mass is 35.5. The van der Waals surface area contributed by atoms with E-state index in [9.17, 15) is 4.79 Å². The summed E-state index contributed by atoms with van der Waals surface area (Å²) in [7, 11) is 1.60. The van der Waals surface area contributed by atoms with Crippen LogP contribution in [0.1, 0.15) is 33.1 Å². The lowest BCUT2D eigenvalue weighted by atomic mass is 9.56. The molecule has 2 aliphatic rings. The second kappa shape index (κ2) is 5.41. The third-order valence-corrected chi connectivity index (χ3v) is 5.48. The summed E-state index contributed by atoms with van der Waals surface area (Å²) >= 11 is 5.93. The number of allylic oxidation sites excluding steroid dienone is 1. The Bertz CT molecular complexity index is 426. The molecule has 2 rings (SSSR count). The minimum Gasteiger partial charge on any atom is -0.373 e. The second-order valence-electron chi connectivity index (χ2n) is 6.14. The maximum absolute atomic E-state index is 12.7. The molecule has 4 unspecified atom stereocenters. The Hall–Kier alpha value is -0.600. The number of alkyl halides is 1. The van der Waals surface area contributed by atoms with E-state index in [1.165, 1.54) is 0 Å². The monoisotopic (exact) mass is 282 g/mol. The molecule has 4 atom stereocenters. The number of Topliss-reactive ketones (excluding diaryl/α,β-unsaturated/α-hetero) is 1.